The second-order valence-corrected chi connectivity index (χ2v) is 7.05. The molecule has 0 atom stereocenters. The molecule has 136 valence electrons. The lowest BCUT2D eigenvalue weighted by Gasteiger charge is -2.16. The van der Waals surface area contributed by atoms with Crippen molar-refractivity contribution >= 4 is 28.9 Å². The van der Waals surface area contributed by atoms with Crippen LogP contribution in [0.3, 0.4) is 0 Å². The van der Waals surface area contributed by atoms with Gasteiger partial charge in [-0.3, -0.25) is 0 Å². The van der Waals surface area contributed by atoms with E-state index in [4.69, 9.17) is 17.3 Å². The molecule has 0 amide bonds. The lowest BCUT2D eigenvalue weighted by molar-refractivity contribution is 1.53. The van der Waals surface area contributed by atoms with Crippen LogP contribution in [0.4, 0.5) is 5.69 Å². The fraction of sp³-hybridized carbons (Fsp3) is 0. The highest BCUT2D eigenvalue weighted by Gasteiger charge is 2.14. The Morgan fingerprint density at radius 1 is 0.679 bits per heavy atom. The van der Waals surface area contributed by atoms with E-state index in [1.54, 1.807) is 0 Å². The summed E-state index contributed by atoms with van der Waals surface area (Å²) in [5.74, 6) is 0. The number of rotatable bonds is 4. The molecule has 0 unspecified atom stereocenters. The summed E-state index contributed by atoms with van der Waals surface area (Å²) in [4.78, 5) is 0. The molecule has 0 heterocycles. The Hall–Kier alpha value is -3.29. The van der Waals surface area contributed by atoms with Crippen molar-refractivity contribution in [2.75, 3.05) is 5.73 Å². The molecular formula is C26H20ClN. The Morgan fingerprint density at radius 3 is 2.04 bits per heavy atom. The van der Waals surface area contributed by atoms with E-state index in [1.165, 1.54) is 0 Å². The predicted molar refractivity (Wildman–Crippen MR) is 121 cm³/mol. The van der Waals surface area contributed by atoms with Gasteiger partial charge in [-0.15, -0.1) is 0 Å². The zero-order valence-corrected chi connectivity index (χ0v) is 16.1. The van der Waals surface area contributed by atoms with Crippen molar-refractivity contribution in [3.8, 4) is 11.1 Å². The SMILES string of the molecule is Nc1ccccc1-c1ccc(Cl)cc1/C(=C/c1ccccc1)c1ccccc1. The summed E-state index contributed by atoms with van der Waals surface area (Å²) in [6, 6.07) is 34.6. The number of hydrogen-bond acceptors (Lipinski definition) is 1. The van der Waals surface area contributed by atoms with Crippen LogP contribution < -0.4 is 5.73 Å². The van der Waals surface area contributed by atoms with Gasteiger partial charge in [0, 0.05) is 16.3 Å². The van der Waals surface area contributed by atoms with Crippen molar-refractivity contribution in [1.29, 1.82) is 0 Å². The number of anilines is 1. The van der Waals surface area contributed by atoms with Gasteiger partial charge in [-0.1, -0.05) is 96.5 Å². The minimum absolute atomic E-state index is 0.697. The molecule has 0 aliphatic rings. The first-order valence-electron chi connectivity index (χ1n) is 9.19. The van der Waals surface area contributed by atoms with E-state index in [-0.39, 0.29) is 0 Å². The van der Waals surface area contributed by atoms with Crippen molar-refractivity contribution in [3.63, 3.8) is 0 Å². The molecule has 0 fully saturated rings. The Labute approximate surface area is 170 Å². The van der Waals surface area contributed by atoms with Gasteiger partial charge >= 0.3 is 0 Å². The molecule has 0 aliphatic carbocycles. The van der Waals surface area contributed by atoms with E-state index < -0.39 is 0 Å². The van der Waals surface area contributed by atoms with Crippen LogP contribution in [0.2, 0.25) is 5.02 Å². The maximum atomic E-state index is 6.42. The molecule has 4 rings (SSSR count). The Bertz CT molecular complexity index is 1120. The minimum Gasteiger partial charge on any atom is -0.398 e. The molecule has 0 aliphatic heterocycles. The third-order valence-corrected chi connectivity index (χ3v) is 4.95. The quantitative estimate of drug-likeness (QED) is 0.294. The number of benzene rings is 4. The zero-order chi connectivity index (χ0) is 19.3. The van der Waals surface area contributed by atoms with Gasteiger partial charge in [-0.05, 0) is 52.1 Å². The van der Waals surface area contributed by atoms with Crippen molar-refractivity contribution in [1.82, 2.24) is 0 Å². The summed E-state index contributed by atoms with van der Waals surface area (Å²) in [5, 5.41) is 0.697. The normalized spacial score (nSPS) is 11.4. The van der Waals surface area contributed by atoms with Gasteiger partial charge < -0.3 is 5.73 Å². The first-order valence-corrected chi connectivity index (χ1v) is 9.57. The summed E-state index contributed by atoms with van der Waals surface area (Å²) < 4.78 is 0. The van der Waals surface area contributed by atoms with E-state index >= 15 is 0 Å². The summed E-state index contributed by atoms with van der Waals surface area (Å²) in [6.45, 7) is 0. The molecule has 2 N–H and O–H groups in total. The predicted octanol–water partition coefficient (Wildman–Crippen LogP) is 7.18. The van der Waals surface area contributed by atoms with Gasteiger partial charge in [0.1, 0.15) is 0 Å². The summed E-state index contributed by atoms with van der Waals surface area (Å²) in [6.07, 6.45) is 2.20. The van der Waals surface area contributed by atoms with E-state index in [0.29, 0.717) is 5.02 Å². The molecule has 0 saturated heterocycles. The zero-order valence-electron chi connectivity index (χ0n) is 15.3. The molecule has 0 bridgehead atoms. The highest BCUT2D eigenvalue weighted by Crippen LogP contribution is 2.37. The van der Waals surface area contributed by atoms with Crippen LogP contribution in [0.25, 0.3) is 22.8 Å². The summed E-state index contributed by atoms with van der Waals surface area (Å²) >= 11 is 6.42. The molecule has 4 aromatic rings. The van der Waals surface area contributed by atoms with Gasteiger partial charge in [-0.2, -0.15) is 0 Å². The lowest BCUT2D eigenvalue weighted by atomic mass is 9.89. The van der Waals surface area contributed by atoms with Crippen molar-refractivity contribution < 1.29 is 0 Å². The highest BCUT2D eigenvalue weighted by atomic mass is 35.5. The topological polar surface area (TPSA) is 26.0 Å². The number of hydrogen-bond donors (Lipinski definition) is 1. The van der Waals surface area contributed by atoms with Gasteiger partial charge in [-0.25, -0.2) is 0 Å². The smallest absolute Gasteiger partial charge is 0.0412 e. The second kappa shape index (κ2) is 8.16. The molecule has 0 radical (unpaired) electrons. The van der Waals surface area contributed by atoms with Crippen LogP contribution in [-0.2, 0) is 0 Å². The van der Waals surface area contributed by atoms with Gasteiger partial charge in [0.05, 0.1) is 0 Å². The maximum absolute atomic E-state index is 6.42. The summed E-state index contributed by atoms with van der Waals surface area (Å²) in [5.41, 5.74) is 13.5. The van der Waals surface area contributed by atoms with Crippen LogP contribution >= 0.6 is 11.6 Å². The standard InChI is InChI=1S/C26H20ClN/c27-21-15-16-22(23-13-7-8-14-26(23)28)25(18-21)24(20-11-5-2-6-12-20)17-19-9-3-1-4-10-19/h1-18H,28H2/b24-17+. The molecule has 2 heteroatoms. The Morgan fingerprint density at radius 2 is 1.32 bits per heavy atom. The second-order valence-electron chi connectivity index (χ2n) is 6.61. The highest BCUT2D eigenvalue weighted by molar-refractivity contribution is 6.31. The van der Waals surface area contributed by atoms with Crippen molar-refractivity contribution in [3.05, 3.63) is 125 Å². The molecule has 28 heavy (non-hydrogen) atoms. The van der Waals surface area contributed by atoms with Crippen molar-refractivity contribution in [2.45, 2.75) is 0 Å². The van der Waals surface area contributed by atoms with E-state index in [0.717, 1.165) is 39.1 Å². The summed E-state index contributed by atoms with van der Waals surface area (Å²) in [7, 11) is 0. The third-order valence-electron chi connectivity index (χ3n) is 4.72. The van der Waals surface area contributed by atoms with Crippen LogP contribution in [0.1, 0.15) is 16.7 Å². The fourth-order valence-electron chi connectivity index (χ4n) is 3.37. The number of halogens is 1. The third kappa shape index (κ3) is 3.85. The largest absolute Gasteiger partial charge is 0.398 e. The number of para-hydroxylation sites is 1. The molecular weight excluding hydrogens is 362 g/mol. The van der Waals surface area contributed by atoms with Gasteiger partial charge in [0.25, 0.3) is 0 Å². The minimum atomic E-state index is 0.697. The van der Waals surface area contributed by atoms with E-state index in [2.05, 4.69) is 42.5 Å². The fourth-order valence-corrected chi connectivity index (χ4v) is 3.54. The van der Waals surface area contributed by atoms with E-state index in [1.807, 2.05) is 66.7 Å². The molecule has 4 aromatic carbocycles. The van der Waals surface area contributed by atoms with Crippen LogP contribution in [0, 0.1) is 0 Å². The van der Waals surface area contributed by atoms with Crippen molar-refractivity contribution in [2.24, 2.45) is 0 Å². The first-order chi connectivity index (χ1) is 13.7. The van der Waals surface area contributed by atoms with Gasteiger partial charge in [0.2, 0.25) is 0 Å². The molecule has 1 nitrogen and oxygen atoms in total. The van der Waals surface area contributed by atoms with Crippen LogP contribution in [0.5, 0.6) is 0 Å². The average molecular weight is 382 g/mol. The average Bonchev–Trinajstić information content (AvgIpc) is 2.74. The number of nitrogens with two attached hydrogens (primary N) is 1. The van der Waals surface area contributed by atoms with Crippen LogP contribution in [0.15, 0.2) is 103 Å². The Kier molecular flexibility index (Phi) is 5.27. The lowest BCUT2D eigenvalue weighted by Crippen LogP contribution is -1.96. The van der Waals surface area contributed by atoms with E-state index in [9.17, 15) is 0 Å². The molecule has 0 spiro atoms. The van der Waals surface area contributed by atoms with Crippen LogP contribution in [-0.4, -0.2) is 0 Å². The number of nitrogen functional groups attached to an aromatic ring is 1. The first kappa shape index (κ1) is 18.1. The van der Waals surface area contributed by atoms with Gasteiger partial charge in [0.15, 0.2) is 0 Å². The maximum Gasteiger partial charge on any atom is 0.0412 e. The monoisotopic (exact) mass is 381 g/mol. The molecule has 0 saturated carbocycles. The molecule has 0 aromatic heterocycles. The Balaban J connectivity index is 1.99.